The molecular weight excluding hydrogens is 464 g/mol. The summed E-state index contributed by atoms with van der Waals surface area (Å²) in [5, 5.41) is 0. The van der Waals surface area contributed by atoms with Crippen molar-refractivity contribution in [2.24, 2.45) is 5.73 Å². The lowest BCUT2D eigenvalue weighted by Crippen LogP contribution is -2.50. The van der Waals surface area contributed by atoms with Gasteiger partial charge < -0.3 is 20.3 Å². The highest BCUT2D eigenvalue weighted by molar-refractivity contribution is 6.01. The van der Waals surface area contributed by atoms with Crippen LogP contribution in [0.25, 0.3) is 22.3 Å². The number of fused-ring (bicyclic) bond motifs is 3. The second-order valence-corrected chi connectivity index (χ2v) is 10.1. The summed E-state index contributed by atoms with van der Waals surface area (Å²) in [7, 11) is 5.80. The van der Waals surface area contributed by atoms with Crippen LogP contribution in [0.4, 0.5) is 0 Å². The van der Waals surface area contributed by atoms with Gasteiger partial charge >= 0.3 is 0 Å². The van der Waals surface area contributed by atoms with Crippen molar-refractivity contribution in [1.82, 2.24) is 14.7 Å². The summed E-state index contributed by atoms with van der Waals surface area (Å²) in [6.07, 6.45) is 0.584. The van der Waals surface area contributed by atoms with Gasteiger partial charge in [0.25, 0.3) is 5.91 Å². The van der Waals surface area contributed by atoms with Crippen LogP contribution in [0, 0.1) is 0 Å². The van der Waals surface area contributed by atoms with Crippen molar-refractivity contribution in [2.75, 3.05) is 60.5 Å². The predicted octanol–water partition coefficient (Wildman–Crippen LogP) is 3.35. The van der Waals surface area contributed by atoms with Crippen molar-refractivity contribution >= 4 is 11.8 Å². The molecule has 0 atom stereocenters. The number of carbonyl (C=O) groups excluding carboxylic acids is 2. The molecule has 0 aromatic heterocycles. The Labute approximate surface area is 218 Å². The van der Waals surface area contributed by atoms with Gasteiger partial charge in [-0.05, 0) is 90.3 Å². The second kappa shape index (κ2) is 10.4. The summed E-state index contributed by atoms with van der Waals surface area (Å²) in [4.78, 5) is 32.3. The molecule has 1 fully saturated rings. The second-order valence-electron chi connectivity index (χ2n) is 10.1. The molecule has 5 rings (SSSR count). The first kappa shape index (κ1) is 25.0. The zero-order chi connectivity index (χ0) is 26.1. The van der Waals surface area contributed by atoms with Crippen LogP contribution in [0.3, 0.4) is 0 Å². The number of hydrogen-bond donors (Lipinski definition) is 1. The molecule has 1 aliphatic heterocycles. The van der Waals surface area contributed by atoms with Crippen LogP contribution < -0.4 is 10.5 Å². The quantitative estimate of drug-likeness (QED) is 0.423. The Kier molecular flexibility index (Phi) is 7.00. The van der Waals surface area contributed by atoms with E-state index in [1.54, 1.807) is 7.11 Å². The van der Waals surface area contributed by atoms with E-state index in [9.17, 15) is 9.59 Å². The van der Waals surface area contributed by atoms with E-state index in [-0.39, 0.29) is 5.91 Å². The molecule has 3 aromatic carbocycles. The fourth-order valence-electron chi connectivity index (χ4n) is 5.32. The number of hydrogen-bond acceptors (Lipinski definition) is 5. The summed E-state index contributed by atoms with van der Waals surface area (Å²) in [5.74, 6) is 0.371. The van der Waals surface area contributed by atoms with Crippen LogP contribution >= 0.6 is 0 Å². The zero-order valence-corrected chi connectivity index (χ0v) is 21.8. The average Bonchev–Trinajstić information content (AvgIpc) is 3.29. The SMILES string of the molecule is COc1cccc(-c2cc(C(N)=O)c3c(c2)-c2ccc(C(=O)N4CCN(CCN(C)C)CC4)cc2C3)c1. The van der Waals surface area contributed by atoms with Gasteiger partial charge in [-0.25, -0.2) is 0 Å². The van der Waals surface area contributed by atoms with Crippen LogP contribution in [-0.4, -0.2) is 87.0 Å². The fourth-order valence-corrected chi connectivity index (χ4v) is 5.32. The van der Waals surface area contributed by atoms with E-state index in [1.807, 2.05) is 53.4 Å². The van der Waals surface area contributed by atoms with E-state index >= 15 is 0 Å². The molecule has 2 aliphatic rings. The number of ether oxygens (including phenoxy) is 1. The van der Waals surface area contributed by atoms with Crippen molar-refractivity contribution in [1.29, 1.82) is 0 Å². The van der Waals surface area contributed by atoms with Crippen molar-refractivity contribution in [2.45, 2.75) is 6.42 Å². The Balaban J connectivity index is 1.39. The Morgan fingerprint density at radius 2 is 1.73 bits per heavy atom. The molecule has 2 N–H and O–H groups in total. The zero-order valence-electron chi connectivity index (χ0n) is 21.8. The van der Waals surface area contributed by atoms with Crippen LogP contribution in [-0.2, 0) is 6.42 Å². The predicted molar refractivity (Wildman–Crippen MR) is 146 cm³/mol. The smallest absolute Gasteiger partial charge is 0.253 e. The number of piperazine rings is 1. The maximum Gasteiger partial charge on any atom is 0.253 e. The summed E-state index contributed by atoms with van der Waals surface area (Å²) in [5.41, 5.74) is 12.9. The third-order valence-corrected chi connectivity index (χ3v) is 7.45. The van der Waals surface area contributed by atoms with Crippen LogP contribution in [0.5, 0.6) is 5.75 Å². The van der Waals surface area contributed by atoms with Crippen molar-refractivity contribution in [3.63, 3.8) is 0 Å². The Morgan fingerprint density at radius 1 is 0.946 bits per heavy atom. The molecule has 0 bridgehead atoms. The summed E-state index contributed by atoms with van der Waals surface area (Å²) in [6, 6.07) is 17.7. The maximum atomic E-state index is 13.3. The molecule has 0 unspecified atom stereocenters. The van der Waals surface area contributed by atoms with Crippen LogP contribution in [0.2, 0.25) is 0 Å². The molecule has 192 valence electrons. The first-order chi connectivity index (χ1) is 17.8. The molecule has 2 amide bonds. The van der Waals surface area contributed by atoms with Gasteiger partial charge in [-0.3, -0.25) is 14.5 Å². The highest BCUT2D eigenvalue weighted by Crippen LogP contribution is 2.42. The molecule has 0 spiro atoms. The number of carbonyl (C=O) groups is 2. The molecule has 7 heteroatoms. The van der Waals surface area contributed by atoms with Crippen molar-refractivity contribution in [3.8, 4) is 28.0 Å². The highest BCUT2D eigenvalue weighted by Gasteiger charge is 2.27. The lowest BCUT2D eigenvalue weighted by Gasteiger charge is -2.35. The summed E-state index contributed by atoms with van der Waals surface area (Å²) in [6.45, 7) is 5.30. The van der Waals surface area contributed by atoms with Crippen LogP contribution in [0.1, 0.15) is 31.8 Å². The third kappa shape index (κ3) is 5.10. The Hall–Kier alpha value is -3.68. The molecule has 0 saturated carbocycles. The average molecular weight is 499 g/mol. The van der Waals surface area contributed by atoms with E-state index in [0.29, 0.717) is 17.5 Å². The normalized spacial score (nSPS) is 15.0. The highest BCUT2D eigenvalue weighted by atomic mass is 16.5. The Bertz CT molecular complexity index is 1340. The monoisotopic (exact) mass is 498 g/mol. The van der Waals surface area contributed by atoms with Crippen molar-refractivity contribution in [3.05, 3.63) is 76.9 Å². The number of nitrogens with two attached hydrogens (primary N) is 1. The molecular formula is C30H34N4O3. The number of primary amides is 1. The minimum atomic E-state index is -0.447. The number of rotatable bonds is 7. The first-order valence-corrected chi connectivity index (χ1v) is 12.7. The number of methoxy groups -OCH3 is 1. The van der Waals surface area contributed by atoms with Gasteiger partial charge in [-0.15, -0.1) is 0 Å². The van der Waals surface area contributed by atoms with Gasteiger partial charge in [0.2, 0.25) is 5.91 Å². The lowest BCUT2D eigenvalue weighted by atomic mass is 9.94. The van der Waals surface area contributed by atoms with Gasteiger partial charge in [-0.2, -0.15) is 0 Å². The molecule has 1 saturated heterocycles. The fraction of sp³-hybridized carbons (Fsp3) is 0.333. The molecule has 7 nitrogen and oxygen atoms in total. The van der Waals surface area contributed by atoms with Crippen molar-refractivity contribution < 1.29 is 14.3 Å². The largest absolute Gasteiger partial charge is 0.497 e. The molecule has 1 heterocycles. The number of amides is 2. The van der Waals surface area contributed by atoms with E-state index in [0.717, 1.165) is 78.4 Å². The van der Waals surface area contributed by atoms with Gasteiger partial charge in [0.05, 0.1) is 7.11 Å². The first-order valence-electron chi connectivity index (χ1n) is 12.7. The number of nitrogens with zero attached hydrogens (tertiary/aromatic N) is 3. The van der Waals surface area contributed by atoms with Gasteiger partial charge in [0.15, 0.2) is 0 Å². The lowest BCUT2D eigenvalue weighted by molar-refractivity contribution is 0.0629. The number of benzene rings is 3. The van der Waals surface area contributed by atoms with E-state index in [4.69, 9.17) is 10.5 Å². The molecule has 37 heavy (non-hydrogen) atoms. The topological polar surface area (TPSA) is 79.1 Å². The minimum Gasteiger partial charge on any atom is -0.497 e. The standard InChI is InChI=1S/C30H34N4O3/c1-32(2)9-10-33-11-13-34(14-12-33)30(36)21-7-8-25-23(15-21)19-27-26(25)17-22(18-28(27)29(31)35)20-5-4-6-24(16-20)37-3/h4-8,15-18H,9-14,19H2,1-3H3,(H2,31,35). The molecule has 0 radical (unpaired) electrons. The van der Waals surface area contributed by atoms with E-state index < -0.39 is 5.91 Å². The molecule has 3 aromatic rings. The number of likely N-dealkylation sites (N-methyl/N-ethyl adjacent to an activating group) is 1. The molecule has 1 aliphatic carbocycles. The van der Waals surface area contributed by atoms with E-state index in [2.05, 4.69) is 30.0 Å². The third-order valence-electron chi connectivity index (χ3n) is 7.45. The van der Waals surface area contributed by atoms with E-state index in [1.165, 1.54) is 0 Å². The van der Waals surface area contributed by atoms with Gasteiger partial charge in [0.1, 0.15) is 5.75 Å². The minimum absolute atomic E-state index is 0.0678. The Morgan fingerprint density at radius 3 is 2.43 bits per heavy atom. The van der Waals surface area contributed by atoms with Gasteiger partial charge in [-0.1, -0.05) is 18.2 Å². The summed E-state index contributed by atoms with van der Waals surface area (Å²) >= 11 is 0. The summed E-state index contributed by atoms with van der Waals surface area (Å²) < 4.78 is 5.38. The maximum absolute atomic E-state index is 13.3. The van der Waals surface area contributed by atoms with Crippen LogP contribution in [0.15, 0.2) is 54.6 Å². The van der Waals surface area contributed by atoms with Gasteiger partial charge in [0, 0.05) is 50.4 Å².